The second-order valence-electron chi connectivity index (χ2n) is 6.53. The van der Waals surface area contributed by atoms with E-state index in [1.54, 1.807) is 18.4 Å². The van der Waals surface area contributed by atoms with Crippen molar-refractivity contribution in [3.63, 3.8) is 0 Å². The van der Waals surface area contributed by atoms with Gasteiger partial charge in [0, 0.05) is 19.7 Å². The highest BCUT2D eigenvalue weighted by Crippen LogP contribution is 2.56. The van der Waals surface area contributed by atoms with E-state index < -0.39 is 0 Å². The molecule has 0 aromatic carbocycles. The standard InChI is InChI=1S/C17H26N2O3S.ClH/c1-21-7-8-22-12-16(20)19(11-14-2-9-23-13-14)15-10-17(15)3-5-18-6-4-17;/h2,9,13,15,18H,3-8,10-12H2,1H3;1H. The molecule has 1 spiro atoms. The number of thiophene rings is 1. The van der Waals surface area contributed by atoms with E-state index in [2.05, 4.69) is 27.0 Å². The Bertz CT molecular complexity index is 506. The smallest absolute Gasteiger partial charge is 0.249 e. The molecule has 136 valence electrons. The molecule has 1 aliphatic heterocycles. The molecule has 1 N–H and O–H groups in total. The van der Waals surface area contributed by atoms with Gasteiger partial charge in [0.05, 0.1) is 13.2 Å². The Morgan fingerprint density at radius 1 is 1.42 bits per heavy atom. The van der Waals surface area contributed by atoms with E-state index in [4.69, 9.17) is 9.47 Å². The highest BCUT2D eigenvalue weighted by Gasteiger charge is 2.57. The maximum Gasteiger partial charge on any atom is 0.249 e. The average Bonchev–Trinajstić information content (AvgIpc) is 2.99. The van der Waals surface area contributed by atoms with E-state index in [0.717, 1.165) is 19.5 Å². The fourth-order valence-corrected chi connectivity index (χ4v) is 4.22. The zero-order chi connectivity index (χ0) is 16.1. The summed E-state index contributed by atoms with van der Waals surface area (Å²) in [5, 5.41) is 7.62. The van der Waals surface area contributed by atoms with Crippen molar-refractivity contribution in [2.24, 2.45) is 5.41 Å². The van der Waals surface area contributed by atoms with Crippen molar-refractivity contribution < 1.29 is 14.3 Å². The lowest BCUT2D eigenvalue weighted by Crippen LogP contribution is -2.40. The molecule has 2 fully saturated rings. The summed E-state index contributed by atoms with van der Waals surface area (Å²) in [5.41, 5.74) is 1.57. The molecule has 1 aromatic rings. The Labute approximate surface area is 154 Å². The molecule has 5 nitrogen and oxygen atoms in total. The molecule has 2 heterocycles. The van der Waals surface area contributed by atoms with Crippen LogP contribution in [0.25, 0.3) is 0 Å². The summed E-state index contributed by atoms with van der Waals surface area (Å²) < 4.78 is 10.4. The third kappa shape index (κ3) is 4.70. The van der Waals surface area contributed by atoms with Crippen LogP contribution >= 0.6 is 23.7 Å². The number of piperidine rings is 1. The highest BCUT2D eigenvalue weighted by atomic mass is 35.5. The summed E-state index contributed by atoms with van der Waals surface area (Å²) in [6.45, 7) is 3.99. The first-order valence-electron chi connectivity index (χ1n) is 8.33. The number of ether oxygens (including phenoxy) is 2. The number of nitrogens with zero attached hydrogens (tertiary/aromatic N) is 1. The van der Waals surface area contributed by atoms with Gasteiger partial charge in [-0.3, -0.25) is 4.79 Å². The molecule has 0 bridgehead atoms. The summed E-state index contributed by atoms with van der Waals surface area (Å²) in [6, 6.07) is 2.48. The van der Waals surface area contributed by atoms with E-state index in [-0.39, 0.29) is 24.9 Å². The maximum absolute atomic E-state index is 12.7. The number of amides is 1. The van der Waals surface area contributed by atoms with Crippen LogP contribution in [0.3, 0.4) is 0 Å². The van der Waals surface area contributed by atoms with Crippen molar-refractivity contribution in [1.29, 1.82) is 0 Å². The van der Waals surface area contributed by atoms with Gasteiger partial charge in [0.2, 0.25) is 5.91 Å². The zero-order valence-corrected chi connectivity index (χ0v) is 15.8. The van der Waals surface area contributed by atoms with Crippen molar-refractivity contribution in [1.82, 2.24) is 10.2 Å². The van der Waals surface area contributed by atoms with Crippen LogP contribution in [0.4, 0.5) is 0 Å². The van der Waals surface area contributed by atoms with Crippen LogP contribution in [0.15, 0.2) is 16.8 Å². The van der Waals surface area contributed by atoms with Gasteiger partial charge >= 0.3 is 0 Å². The van der Waals surface area contributed by atoms with Crippen LogP contribution in [-0.2, 0) is 20.8 Å². The average molecular weight is 375 g/mol. The van der Waals surface area contributed by atoms with Gasteiger partial charge in [-0.15, -0.1) is 12.4 Å². The van der Waals surface area contributed by atoms with Crippen molar-refractivity contribution in [3.8, 4) is 0 Å². The topological polar surface area (TPSA) is 50.8 Å². The molecule has 1 atom stereocenters. The minimum atomic E-state index is 0. The van der Waals surface area contributed by atoms with Gasteiger partial charge in [0.1, 0.15) is 6.61 Å². The number of methoxy groups -OCH3 is 1. The number of hydrogen-bond acceptors (Lipinski definition) is 5. The van der Waals surface area contributed by atoms with Crippen LogP contribution < -0.4 is 5.32 Å². The second kappa shape index (κ2) is 9.15. The van der Waals surface area contributed by atoms with Gasteiger partial charge in [-0.1, -0.05) is 0 Å². The molecular formula is C17H27ClN2O3S. The van der Waals surface area contributed by atoms with Gasteiger partial charge in [0.25, 0.3) is 0 Å². The molecule has 7 heteroatoms. The van der Waals surface area contributed by atoms with Crippen LogP contribution in [0.2, 0.25) is 0 Å². The second-order valence-corrected chi connectivity index (χ2v) is 7.31. The van der Waals surface area contributed by atoms with Gasteiger partial charge in [-0.25, -0.2) is 0 Å². The SMILES string of the molecule is COCCOCC(=O)N(Cc1ccsc1)C1CC12CCNCC2.Cl. The predicted molar refractivity (Wildman–Crippen MR) is 97.8 cm³/mol. The molecule has 2 aliphatic rings. The third-order valence-electron chi connectivity index (χ3n) is 5.03. The molecule has 3 rings (SSSR count). The largest absolute Gasteiger partial charge is 0.382 e. The minimum Gasteiger partial charge on any atom is -0.382 e. The molecule has 0 radical (unpaired) electrons. The molecule has 1 amide bonds. The zero-order valence-electron chi connectivity index (χ0n) is 14.2. The lowest BCUT2D eigenvalue weighted by molar-refractivity contribution is -0.138. The Hall–Kier alpha value is -0.660. The van der Waals surface area contributed by atoms with Gasteiger partial charge in [-0.2, -0.15) is 11.3 Å². The third-order valence-corrected chi connectivity index (χ3v) is 5.76. The van der Waals surface area contributed by atoms with Crippen molar-refractivity contribution >= 4 is 29.7 Å². The van der Waals surface area contributed by atoms with Crippen LogP contribution in [0.1, 0.15) is 24.8 Å². The Kier molecular flexibility index (Phi) is 7.50. The summed E-state index contributed by atoms with van der Waals surface area (Å²) in [5.74, 6) is 0.104. The molecular weight excluding hydrogens is 348 g/mol. The Balaban J connectivity index is 0.00000208. The quantitative estimate of drug-likeness (QED) is 0.709. The van der Waals surface area contributed by atoms with Crippen molar-refractivity contribution in [2.75, 3.05) is 40.0 Å². The Morgan fingerprint density at radius 2 is 2.21 bits per heavy atom. The van der Waals surface area contributed by atoms with Crippen molar-refractivity contribution in [2.45, 2.75) is 31.8 Å². The first kappa shape index (κ1) is 19.7. The summed E-state index contributed by atoms with van der Waals surface area (Å²) in [6.07, 6.45) is 3.49. The fourth-order valence-electron chi connectivity index (χ4n) is 3.57. The highest BCUT2D eigenvalue weighted by molar-refractivity contribution is 7.07. The molecule has 1 unspecified atom stereocenters. The minimum absolute atomic E-state index is 0. The lowest BCUT2D eigenvalue weighted by atomic mass is 9.93. The van der Waals surface area contributed by atoms with E-state index in [1.165, 1.54) is 18.4 Å². The van der Waals surface area contributed by atoms with Gasteiger partial charge in [-0.05, 0) is 60.2 Å². The predicted octanol–water partition coefficient (Wildman–Crippen LogP) is 2.30. The number of carbonyl (C=O) groups is 1. The number of carbonyl (C=O) groups excluding carboxylic acids is 1. The number of nitrogens with one attached hydrogen (secondary N) is 1. The first-order chi connectivity index (χ1) is 11.2. The van der Waals surface area contributed by atoms with Crippen LogP contribution in [0, 0.1) is 5.41 Å². The van der Waals surface area contributed by atoms with Crippen LogP contribution in [-0.4, -0.2) is 56.9 Å². The fraction of sp³-hybridized carbons (Fsp3) is 0.706. The van der Waals surface area contributed by atoms with Gasteiger partial charge in [0.15, 0.2) is 0 Å². The number of rotatable bonds is 8. The summed E-state index contributed by atoms with van der Waals surface area (Å²) >= 11 is 1.68. The van der Waals surface area contributed by atoms with E-state index in [9.17, 15) is 4.79 Å². The number of hydrogen-bond donors (Lipinski definition) is 1. The van der Waals surface area contributed by atoms with E-state index in [0.29, 0.717) is 31.2 Å². The molecule has 1 saturated heterocycles. The van der Waals surface area contributed by atoms with E-state index in [1.807, 2.05) is 0 Å². The Morgan fingerprint density at radius 3 is 2.88 bits per heavy atom. The van der Waals surface area contributed by atoms with Crippen molar-refractivity contribution in [3.05, 3.63) is 22.4 Å². The lowest BCUT2D eigenvalue weighted by Gasteiger charge is -2.29. The molecule has 1 aromatic heterocycles. The maximum atomic E-state index is 12.7. The number of halogens is 1. The summed E-state index contributed by atoms with van der Waals surface area (Å²) in [7, 11) is 1.64. The monoisotopic (exact) mass is 374 g/mol. The molecule has 1 saturated carbocycles. The normalized spacial score (nSPS) is 21.3. The van der Waals surface area contributed by atoms with Crippen LogP contribution in [0.5, 0.6) is 0 Å². The van der Waals surface area contributed by atoms with E-state index >= 15 is 0 Å². The van der Waals surface area contributed by atoms with Gasteiger partial charge < -0.3 is 19.7 Å². The molecule has 24 heavy (non-hydrogen) atoms. The first-order valence-corrected chi connectivity index (χ1v) is 9.27. The summed E-state index contributed by atoms with van der Waals surface area (Å²) in [4.78, 5) is 14.7. The molecule has 1 aliphatic carbocycles.